The summed E-state index contributed by atoms with van der Waals surface area (Å²) in [5, 5.41) is 0. The van der Waals surface area contributed by atoms with Crippen molar-refractivity contribution in [1.29, 1.82) is 0 Å². The van der Waals surface area contributed by atoms with Crippen LogP contribution >= 0.6 is 0 Å². The number of fused-ring (bicyclic) bond motifs is 12. The summed E-state index contributed by atoms with van der Waals surface area (Å²) in [5.41, 5.74) is 15.8. The Kier molecular flexibility index (Phi) is 12.3. The molecule has 0 aliphatic carbocycles. The van der Waals surface area contributed by atoms with Crippen molar-refractivity contribution in [2.45, 2.75) is 77.3 Å². The normalized spacial score (nSPS) is 27.1. The number of allylic oxidation sites excluding steroid dienone is 1. The van der Waals surface area contributed by atoms with Crippen LogP contribution in [0, 0.1) is 5.92 Å². The first kappa shape index (κ1) is 34.0. The summed E-state index contributed by atoms with van der Waals surface area (Å²) in [6.45, 7) is 15.8. The van der Waals surface area contributed by atoms with Crippen molar-refractivity contribution >= 4 is 5.84 Å². The molecule has 1 aromatic carbocycles. The highest BCUT2D eigenvalue weighted by molar-refractivity contribution is 6.00. The average Bonchev–Trinajstić information content (AvgIpc) is 3.03. The number of nitrogens with zero attached hydrogens (tertiary/aromatic N) is 5. The van der Waals surface area contributed by atoms with Crippen molar-refractivity contribution in [2.75, 3.05) is 59.4 Å². The summed E-state index contributed by atoms with van der Waals surface area (Å²) in [7, 11) is 2.00. The number of nitrogens with two attached hydrogens (primary N) is 2. The van der Waals surface area contributed by atoms with E-state index in [0.717, 1.165) is 90.2 Å². The molecule has 7 nitrogen and oxygen atoms in total. The van der Waals surface area contributed by atoms with Crippen LogP contribution in [0.1, 0.15) is 69.9 Å². The lowest BCUT2D eigenvalue weighted by atomic mass is 9.86. The molecule has 2 fully saturated rings. The number of rotatable bonds is 4. The van der Waals surface area contributed by atoms with Gasteiger partial charge in [-0.15, -0.1) is 0 Å². The fourth-order valence-electron chi connectivity index (χ4n) is 6.64. The second kappa shape index (κ2) is 15.9. The van der Waals surface area contributed by atoms with Crippen molar-refractivity contribution in [2.24, 2.45) is 22.4 Å². The van der Waals surface area contributed by atoms with Crippen molar-refractivity contribution in [3.63, 3.8) is 0 Å². The Morgan fingerprint density at radius 1 is 0.955 bits per heavy atom. The molecule has 4 bridgehead atoms. The van der Waals surface area contributed by atoms with Crippen molar-refractivity contribution in [3.8, 4) is 0 Å². The maximum Gasteiger partial charge on any atom is 0.276 e. The van der Waals surface area contributed by atoms with Gasteiger partial charge in [-0.2, -0.15) is 0 Å². The second-order valence-corrected chi connectivity index (χ2v) is 13.0. The fourth-order valence-corrected chi connectivity index (χ4v) is 6.64. The molecule has 4 N–H and O–H groups in total. The van der Waals surface area contributed by atoms with E-state index in [2.05, 4.69) is 40.0 Å². The molecule has 0 radical (unpaired) electrons. The summed E-state index contributed by atoms with van der Waals surface area (Å²) in [6.07, 6.45) is 10.5. The van der Waals surface area contributed by atoms with E-state index in [1.54, 1.807) is 18.2 Å². The fraction of sp³-hybridized carbons (Fsp3) is 0.629. The van der Waals surface area contributed by atoms with Gasteiger partial charge in [-0.25, -0.2) is 8.78 Å². The second-order valence-electron chi connectivity index (χ2n) is 13.0. The highest BCUT2D eigenvalue weighted by Crippen LogP contribution is 2.41. The van der Waals surface area contributed by atoms with Gasteiger partial charge in [-0.3, -0.25) is 9.89 Å². The number of alkyl halides is 2. The van der Waals surface area contributed by atoms with E-state index < -0.39 is 11.8 Å². The molecule has 44 heavy (non-hydrogen) atoms. The van der Waals surface area contributed by atoms with Crippen LogP contribution in [0.5, 0.6) is 0 Å². The van der Waals surface area contributed by atoms with Gasteiger partial charge in [0, 0.05) is 63.0 Å². The molecule has 4 aliphatic rings. The van der Waals surface area contributed by atoms with Crippen molar-refractivity contribution in [3.05, 3.63) is 71.2 Å². The zero-order chi connectivity index (χ0) is 31.7. The number of halogens is 2. The van der Waals surface area contributed by atoms with Crippen LogP contribution in [0.25, 0.3) is 0 Å². The molecule has 5 rings (SSSR count). The smallest absolute Gasteiger partial charge is 0.276 e. The maximum absolute atomic E-state index is 15.7. The Morgan fingerprint density at radius 2 is 1.61 bits per heavy atom. The highest BCUT2D eigenvalue weighted by Gasteiger charge is 2.42. The summed E-state index contributed by atoms with van der Waals surface area (Å²) in [5.74, 6) is -2.67. The average molecular weight is 612 g/mol. The van der Waals surface area contributed by atoms with Crippen LogP contribution in [0.4, 0.5) is 8.78 Å². The third-order valence-corrected chi connectivity index (χ3v) is 9.69. The Bertz CT molecular complexity index is 1180. The lowest BCUT2D eigenvalue weighted by Crippen LogP contribution is -2.48. The molecule has 0 spiro atoms. The Balaban J connectivity index is 1.63. The van der Waals surface area contributed by atoms with Gasteiger partial charge in [0.2, 0.25) is 0 Å². The standard InChI is InChI=1S/C35H55F2N7/c1-5-31(44-22-20-43(21-23-44)27(2)3)25-32-33(38)40-26-28-12-11-13-30(24-28)35(36,37)29-14-18-42(19-15-29)17-10-8-6-7-9-16-41(4)34(32)39/h5,11-13,24-25,27,29H,1,6-10,14-23,26,39H2,2-4H3,(H2,38,40)/b31-25+,34-32+. The third-order valence-electron chi connectivity index (χ3n) is 9.69. The van der Waals surface area contributed by atoms with Gasteiger partial charge in [-0.05, 0) is 82.9 Å². The third kappa shape index (κ3) is 8.84. The SMILES string of the molecule is C=C/C(=C\C1=C(\N)N(C)CCCCCCCN2CCC(CC2)C(F)(F)c2cccc(c2)CN=C1N)N1CCN(C(C)C)CC1. The molecule has 0 aromatic heterocycles. The monoisotopic (exact) mass is 611 g/mol. The van der Waals surface area contributed by atoms with Crippen LogP contribution in [-0.2, 0) is 12.5 Å². The molecule has 1 aromatic rings. The Hall–Kier alpha value is -2.91. The summed E-state index contributed by atoms with van der Waals surface area (Å²) < 4.78 is 31.4. The van der Waals surface area contributed by atoms with Gasteiger partial charge < -0.3 is 26.2 Å². The zero-order valence-electron chi connectivity index (χ0n) is 27.3. The molecule has 0 unspecified atom stereocenters. The molecule has 0 atom stereocenters. The van der Waals surface area contributed by atoms with Gasteiger partial charge in [0.15, 0.2) is 0 Å². The number of benzene rings is 1. The Labute approximate surface area is 264 Å². The van der Waals surface area contributed by atoms with Crippen molar-refractivity contribution in [1.82, 2.24) is 19.6 Å². The lowest BCUT2D eigenvalue weighted by Gasteiger charge is -2.38. The maximum atomic E-state index is 15.7. The minimum absolute atomic E-state index is 0.0671. The number of hydrogen-bond donors (Lipinski definition) is 2. The van der Waals surface area contributed by atoms with Gasteiger partial charge in [0.25, 0.3) is 5.92 Å². The zero-order valence-corrected chi connectivity index (χ0v) is 27.3. The number of amidine groups is 1. The number of hydrogen-bond acceptors (Lipinski definition) is 7. The van der Waals surface area contributed by atoms with Crippen LogP contribution in [0.3, 0.4) is 0 Å². The van der Waals surface area contributed by atoms with Crippen molar-refractivity contribution < 1.29 is 8.78 Å². The lowest BCUT2D eigenvalue weighted by molar-refractivity contribution is -0.0855. The first-order valence-corrected chi connectivity index (χ1v) is 16.6. The van der Waals surface area contributed by atoms with Gasteiger partial charge in [0.05, 0.1) is 12.1 Å². The molecular weight excluding hydrogens is 556 g/mol. The molecule has 0 amide bonds. The summed E-state index contributed by atoms with van der Waals surface area (Å²) >= 11 is 0. The number of piperazine rings is 1. The van der Waals surface area contributed by atoms with Crippen LogP contribution < -0.4 is 11.5 Å². The molecule has 4 heterocycles. The number of piperidine rings is 1. The topological polar surface area (TPSA) is 77.4 Å². The van der Waals surface area contributed by atoms with Crippen LogP contribution in [0.15, 0.2) is 65.1 Å². The first-order valence-electron chi connectivity index (χ1n) is 16.6. The minimum atomic E-state index is -2.88. The quantitative estimate of drug-likeness (QED) is 0.438. The Morgan fingerprint density at radius 3 is 2.27 bits per heavy atom. The molecule has 9 heteroatoms. The molecule has 4 aliphatic heterocycles. The highest BCUT2D eigenvalue weighted by atomic mass is 19.3. The first-order chi connectivity index (χ1) is 21.1. The summed E-state index contributed by atoms with van der Waals surface area (Å²) in [4.78, 5) is 13.9. The largest absolute Gasteiger partial charge is 0.385 e. The van der Waals surface area contributed by atoms with E-state index in [1.165, 1.54) is 0 Å². The molecule has 244 valence electrons. The van der Waals surface area contributed by atoms with E-state index in [-0.39, 0.29) is 12.1 Å². The van der Waals surface area contributed by atoms with Gasteiger partial charge in [-0.1, -0.05) is 44.0 Å². The van der Waals surface area contributed by atoms with E-state index in [4.69, 9.17) is 16.5 Å². The van der Waals surface area contributed by atoms with E-state index in [9.17, 15) is 0 Å². The molecule has 0 saturated carbocycles. The van der Waals surface area contributed by atoms with Gasteiger partial charge in [0.1, 0.15) is 11.7 Å². The predicted molar refractivity (Wildman–Crippen MR) is 178 cm³/mol. The number of aliphatic imine (C=N–C) groups is 1. The van der Waals surface area contributed by atoms with E-state index >= 15 is 8.78 Å². The predicted octanol–water partition coefficient (Wildman–Crippen LogP) is 5.51. The minimum Gasteiger partial charge on any atom is -0.385 e. The van der Waals surface area contributed by atoms with E-state index in [0.29, 0.717) is 41.7 Å². The summed E-state index contributed by atoms with van der Waals surface area (Å²) in [6, 6.07) is 7.21. The molecule has 2 saturated heterocycles. The molecular formula is C35H55F2N7. The van der Waals surface area contributed by atoms with Gasteiger partial charge >= 0.3 is 0 Å². The van der Waals surface area contributed by atoms with E-state index in [1.807, 2.05) is 25.3 Å². The van der Waals surface area contributed by atoms with Crippen LogP contribution in [0.2, 0.25) is 0 Å². The van der Waals surface area contributed by atoms with Crippen LogP contribution in [-0.4, -0.2) is 90.9 Å².